The largest absolute Gasteiger partial charge is 0.418 e. The van der Waals surface area contributed by atoms with Crippen LogP contribution in [0.25, 0.3) is 0 Å². The molecule has 0 heterocycles. The molecule has 31 heavy (non-hydrogen) atoms. The Bertz CT molecular complexity index is 831. The van der Waals surface area contributed by atoms with Crippen LogP contribution in [0.15, 0.2) is 18.2 Å². The molecule has 0 unspecified atom stereocenters. The summed E-state index contributed by atoms with van der Waals surface area (Å²) in [6, 6.07) is 3.81. The van der Waals surface area contributed by atoms with Crippen LogP contribution in [0, 0.1) is 23.2 Å². The Morgan fingerprint density at radius 3 is 2.16 bits per heavy atom. The molecular weight excluding hydrogens is 407 g/mol. The van der Waals surface area contributed by atoms with Crippen LogP contribution in [0.2, 0.25) is 0 Å². The highest BCUT2D eigenvalue weighted by molar-refractivity contribution is 5.92. The smallest absolute Gasteiger partial charge is 0.378 e. The highest BCUT2D eigenvalue weighted by atomic mass is 19.4. The molecule has 0 spiro atoms. The van der Waals surface area contributed by atoms with E-state index >= 15 is 0 Å². The minimum Gasteiger partial charge on any atom is -0.378 e. The zero-order chi connectivity index (χ0) is 22.4. The molecule has 0 atom stereocenters. The van der Waals surface area contributed by atoms with Gasteiger partial charge in [-0.2, -0.15) is 13.2 Å². The van der Waals surface area contributed by atoms with Crippen molar-refractivity contribution in [1.82, 2.24) is 5.32 Å². The van der Waals surface area contributed by atoms with Gasteiger partial charge in [-0.25, -0.2) is 0 Å². The number of alkyl halides is 3. The van der Waals surface area contributed by atoms with Crippen molar-refractivity contribution in [2.45, 2.75) is 51.1 Å². The summed E-state index contributed by atoms with van der Waals surface area (Å²) in [4.78, 5) is 26.8. The summed E-state index contributed by atoms with van der Waals surface area (Å²) >= 11 is 0. The van der Waals surface area contributed by atoms with E-state index < -0.39 is 17.6 Å². The van der Waals surface area contributed by atoms with E-state index in [1.54, 1.807) is 19.0 Å². The third-order valence-corrected chi connectivity index (χ3v) is 7.26. The summed E-state index contributed by atoms with van der Waals surface area (Å²) in [6.45, 7) is 0.129. The van der Waals surface area contributed by atoms with Gasteiger partial charge < -0.3 is 15.5 Å². The molecular formula is C23H30F3N3O2. The van der Waals surface area contributed by atoms with Gasteiger partial charge in [0.05, 0.1) is 11.3 Å². The number of carbonyl (C=O) groups excluding carboxylic acids is 2. The zero-order valence-corrected chi connectivity index (χ0v) is 18.0. The van der Waals surface area contributed by atoms with Crippen LogP contribution >= 0.6 is 0 Å². The van der Waals surface area contributed by atoms with Crippen molar-refractivity contribution >= 4 is 23.2 Å². The average molecular weight is 438 g/mol. The van der Waals surface area contributed by atoms with Crippen molar-refractivity contribution in [2.75, 3.05) is 30.9 Å². The number of rotatable bonds is 6. The Labute approximate surface area is 180 Å². The normalized spacial score (nSPS) is 29.0. The molecule has 0 saturated heterocycles. The summed E-state index contributed by atoms with van der Waals surface area (Å²) < 4.78 is 40.3. The Morgan fingerprint density at radius 1 is 1.06 bits per heavy atom. The lowest BCUT2D eigenvalue weighted by molar-refractivity contribution is -0.146. The number of anilines is 2. The van der Waals surface area contributed by atoms with Crippen LogP contribution in [0.3, 0.4) is 0 Å². The van der Waals surface area contributed by atoms with Gasteiger partial charge >= 0.3 is 6.18 Å². The van der Waals surface area contributed by atoms with Crippen molar-refractivity contribution in [3.63, 3.8) is 0 Å². The molecule has 2 amide bonds. The van der Waals surface area contributed by atoms with Crippen molar-refractivity contribution in [2.24, 2.45) is 23.2 Å². The third-order valence-electron chi connectivity index (χ3n) is 7.26. The second kappa shape index (κ2) is 8.02. The van der Waals surface area contributed by atoms with Gasteiger partial charge in [-0.15, -0.1) is 0 Å². The van der Waals surface area contributed by atoms with Gasteiger partial charge in [0.1, 0.15) is 0 Å². The molecule has 4 aliphatic rings. The van der Waals surface area contributed by atoms with Gasteiger partial charge in [0.25, 0.3) is 0 Å². The van der Waals surface area contributed by atoms with Gasteiger partial charge in [-0.05, 0) is 74.5 Å². The number of carbonyl (C=O) groups is 2. The first-order valence-electron chi connectivity index (χ1n) is 11.0. The Morgan fingerprint density at radius 2 is 1.65 bits per heavy atom. The highest BCUT2D eigenvalue weighted by Crippen LogP contribution is 2.60. The first-order valence-corrected chi connectivity index (χ1v) is 11.0. The molecule has 1 aromatic rings. The number of benzene rings is 1. The second-order valence-corrected chi connectivity index (χ2v) is 9.87. The summed E-state index contributed by atoms with van der Waals surface area (Å²) in [6.07, 6.45) is 1.88. The van der Waals surface area contributed by atoms with Gasteiger partial charge in [0, 0.05) is 38.2 Å². The number of nitrogens with zero attached hydrogens (tertiary/aromatic N) is 1. The van der Waals surface area contributed by atoms with Crippen molar-refractivity contribution in [3.8, 4) is 0 Å². The fraction of sp³-hybridized carbons (Fsp3) is 0.652. The lowest BCUT2D eigenvalue weighted by Gasteiger charge is -2.55. The number of hydrogen-bond donors (Lipinski definition) is 2. The fourth-order valence-electron chi connectivity index (χ4n) is 6.23. The van der Waals surface area contributed by atoms with Crippen molar-refractivity contribution in [1.29, 1.82) is 0 Å². The number of hydrogen-bond acceptors (Lipinski definition) is 3. The molecule has 0 radical (unpaired) electrons. The molecule has 4 saturated carbocycles. The van der Waals surface area contributed by atoms with E-state index in [-0.39, 0.29) is 30.0 Å². The van der Waals surface area contributed by atoms with Gasteiger partial charge in [-0.1, -0.05) is 0 Å². The van der Waals surface area contributed by atoms with E-state index in [2.05, 4.69) is 10.6 Å². The molecule has 4 bridgehead atoms. The van der Waals surface area contributed by atoms with Crippen LogP contribution in [0.4, 0.5) is 24.5 Å². The Kier molecular flexibility index (Phi) is 5.68. The van der Waals surface area contributed by atoms with Crippen LogP contribution in [0.5, 0.6) is 0 Å². The third kappa shape index (κ3) is 4.53. The molecule has 1 aromatic carbocycles. The van der Waals surface area contributed by atoms with Crippen LogP contribution in [-0.4, -0.2) is 32.5 Å². The zero-order valence-electron chi connectivity index (χ0n) is 18.0. The summed E-state index contributed by atoms with van der Waals surface area (Å²) in [5.74, 6) is 1.41. The predicted octanol–water partition coefficient (Wildman–Crippen LogP) is 4.43. The molecule has 4 fully saturated rings. The lowest BCUT2D eigenvalue weighted by Crippen LogP contribution is -2.53. The Hall–Kier alpha value is -2.25. The number of halogens is 3. The van der Waals surface area contributed by atoms with Gasteiger partial charge in [-0.3, -0.25) is 9.59 Å². The monoisotopic (exact) mass is 437 g/mol. The maximum absolute atomic E-state index is 13.4. The van der Waals surface area contributed by atoms with Gasteiger partial charge in [0.2, 0.25) is 11.8 Å². The van der Waals surface area contributed by atoms with E-state index in [1.165, 1.54) is 31.4 Å². The molecule has 2 N–H and O–H groups in total. The average Bonchev–Trinajstić information content (AvgIpc) is 2.66. The second-order valence-electron chi connectivity index (χ2n) is 9.87. The molecule has 5 rings (SSSR count). The molecule has 0 aliphatic heterocycles. The molecule has 170 valence electrons. The van der Waals surface area contributed by atoms with Crippen LogP contribution in [-0.2, 0) is 15.8 Å². The first-order chi connectivity index (χ1) is 14.6. The molecule has 4 aliphatic carbocycles. The summed E-state index contributed by atoms with van der Waals surface area (Å²) in [5.41, 5.74) is -1.05. The first kappa shape index (κ1) is 22.0. The minimum absolute atomic E-state index is 0.0192. The summed E-state index contributed by atoms with van der Waals surface area (Å²) in [5, 5.41) is 5.26. The standard InChI is InChI=1S/C23H30F3N3O2/c1-29(2)17-3-4-19(18(10-17)23(24,25)26)28-20(30)5-6-27-21(31)22-11-14-7-15(12-22)9-16(8-14)13-22/h3-4,10,14-16H,5-9,11-13H2,1-2H3,(H,27,31)(H,28,30). The SMILES string of the molecule is CN(C)c1ccc(NC(=O)CCNC(=O)C23CC4CC(CC(C4)C2)C3)c(C(F)(F)F)c1. The lowest BCUT2D eigenvalue weighted by atomic mass is 9.49. The maximum Gasteiger partial charge on any atom is 0.418 e. The van der Waals surface area contributed by atoms with E-state index in [4.69, 9.17) is 0 Å². The van der Waals surface area contributed by atoms with Gasteiger partial charge in [0.15, 0.2) is 0 Å². The number of nitrogens with one attached hydrogen (secondary N) is 2. The van der Waals surface area contributed by atoms with E-state index in [1.807, 2.05) is 0 Å². The van der Waals surface area contributed by atoms with Crippen molar-refractivity contribution < 1.29 is 22.8 Å². The molecule has 0 aromatic heterocycles. The number of amides is 2. The Balaban J connectivity index is 1.33. The highest BCUT2D eigenvalue weighted by Gasteiger charge is 2.54. The van der Waals surface area contributed by atoms with Crippen LogP contribution < -0.4 is 15.5 Å². The maximum atomic E-state index is 13.4. The van der Waals surface area contributed by atoms with E-state index in [9.17, 15) is 22.8 Å². The fourth-order valence-corrected chi connectivity index (χ4v) is 6.23. The topological polar surface area (TPSA) is 61.4 Å². The summed E-state index contributed by atoms with van der Waals surface area (Å²) in [7, 11) is 3.31. The predicted molar refractivity (Wildman–Crippen MR) is 113 cm³/mol. The minimum atomic E-state index is -4.58. The molecule has 8 heteroatoms. The quantitative estimate of drug-likeness (QED) is 0.692. The van der Waals surface area contributed by atoms with Crippen molar-refractivity contribution in [3.05, 3.63) is 23.8 Å². The van der Waals surface area contributed by atoms with E-state index in [0.29, 0.717) is 23.4 Å². The molecule has 5 nitrogen and oxygen atoms in total. The van der Waals surface area contributed by atoms with E-state index in [0.717, 1.165) is 25.3 Å². The van der Waals surface area contributed by atoms with Crippen LogP contribution in [0.1, 0.15) is 50.5 Å².